The maximum absolute atomic E-state index is 13.0. The molecule has 0 fully saturated rings. The van der Waals surface area contributed by atoms with Crippen molar-refractivity contribution < 1.29 is 100 Å². The van der Waals surface area contributed by atoms with E-state index in [1.54, 1.807) is 0 Å². The second-order valence-electron chi connectivity index (χ2n) is 24.1. The van der Waals surface area contributed by atoms with Gasteiger partial charge in [-0.1, -0.05) is 168 Å². The number of hydrogen-bond donors (Lipinski definition) is 6. The highest BCUT2D eigenvalue weighted by Gasteiger charge is 2.24. The minimum absolute atomic E-state index is 0.120. The third kappa shape index (κ3) is 72.4. The Morgan fingerprint density at radius 3 is 1.05 bits per heavy atom. The Kier molecular flexibility index (Phi) is 75.1. The lowest BCUT2D eigenvalue weighted by molar-refractivity contribution is -0.150. The topological polar surface area (TPSA) is 340 Å². The first-order chi connectivity index (χ1) is 48.0. The fourth-order valence-corrected chi connectivity index (χ4v) is 10.6. The van der Waals surface area contributed by atoms with E-state index in [0.717, 1.165) is 38.5 Å². The van der Waals surface area contributed by atoms with Crippen LogP contribution in [0.2, 0.25) is 0 Å². The molecule has 8 N–H and O–H groups in total. The third-order valence-corrected chi connectivity index (χ3v) is 16.5. The molecule has 0 aromatic carbocycles. The van der Waals surface area contributed by atoms with Crippen molar-refractivity contribution in [1.82, 2.24) is 16.0 Å². The van der Waals surface area contributed by atoms with Gasteiger partial charge in [0.05, 0.1) is 184 Å². The van der Waals surface area contributed by atoms with E-state index in [-0.39, 0.29) is 69.5 Å². The van der Waals surface area contributed by atoms with Crippen LogP contribution in [0.15, 0.2) is 0 Å². The van der Waals surface area contributed by atoms with Gasteiger partial charge in [-0.25, -0.2) is 0 Å². The van der Waals surface area contributed by atoms with Crippen molar-refractivity contribution in [2.75, 3.05) is 196 Å². The maximum Gasteiger partial charge on any atom is 0.306 e. The number of primary amides is 1. The molecule has 0 aliphatic heterocycles. The van der Waals surface area contributed by atoms with Crippen LogP contribution in [-0.4, -0.2) is 255 Å². The summed E-state index contributed by atoms with van der Waals surface area (Å²) in [5.41, 5.74) is 11.2. The Balaban J connectivity index is 4.05. The van der Waals surface area contributed by atoms with Crippen molar-refractivity contribution in [2.24, 2.45) is 11.5 Å². The van der Waals surface area contributed by atoms with Crippen molar-refractivity contribution >= 4 is 47.3 Å². The average Bonchev–Trinajstić information content (AvgIpc) is 1.18. The van der Waals surface area contributed by atoms with E-state index in [2.05, 4.69) is 29.8 Å². The number of ether oxygens (including phenoxy) is 14. The molecule has 26 nitrogen and oxygen atoms in total. The zero-order valence-electron chi connectivity index (χ0n) is 60.8. The van der Waals surface area contributed by atoms with Gasteiger partial charge in [0, 0.05) is 43.7 Å². The van der Waals surface area contributed by atoms with Crippen LogP contribution in [0, 0.1) is 0 Å². The highest BCUT2D eigenvalue weighted by molar-refractivity contribution is 7.99. The van der Waals surface area contributed by atoms with E-state index in [0.29, 0.717) is 164 Å². The lowest BCUT2D eigenvalue weighted by Gasteiger charge is -2.20. The number of aliphatic hydroxyl groups excluding tert-OH is 1. The summed E-state index contributed by atoms with van der Waals surface area (Å²) in [6.07, 6.45) is 32.3. The van der Waals surface area contributed by atoms with Gasteiger partial charge in [-0.15, -0.1) is 0 Å². The second-order valence-corrected chi connectivity index (χ2v) is 25.2. The predicted molar refractivity (Wildman–Crippen MR) is 380 cm³/mol. The molecule has 0 aliphatic carbocycles. The van der Waals surface area contributed by atoms with Gasteiger partial charge in [0.2, 0.25) is 23.6 Å². The summed E-state index contributed by atoms with van der Waals surface area (Å²) in [5.74, 6) is -2.12. The van der Waals surface area contributed by atoms with Gasteiger partial charge in [0.15, 0.2) is 0 Å². The molecule has 0 radical (unpaired) electrons. The number of unbranched alkanes of at least 4 members (excludes halogenated alkanes) is 24. The Morgan fingerprint density at radius 2 is 0.704 bits per heavy atom. The van der Waals surface area contributed by atoms with Crippen LogP contribution in [0.1, 0.15) is 206 Å². The van der Waals surface area contributed by atoms with Gasteiger partial charge in [-0.05, 0) is 12.8 Å². The summed E-state index contributed by atoms with van der Waals surface area (Å²) in [6, 6.07) is -2.22. The van der Waals surface area contributed by atoms with Crippen molar-refractivity contribution in [1.29, 1.82) is 0 Å². The number of amides is 4. The van der Waals surface area contributed by atoms with Crippen molar-refractivity contribution in [3.8, 4) is 0 Å². The van der Waals surface area contributed by atoms with Crippen LogP contribution in [0.5, 0.6) is 0 Å². The number of esters is 2. The fraction of sp³-hybridized carbons (Fsp3) is 0.915. The number of nitrogens with two attached hydrogens (primary N) is 2. The SMILES string of the molecule is CCCCCCCCCCCCCCCC(=O)OCC[C@H](CSC[C@H](N)C(=O)N[C@@H](CO)C(=O)NCCOCCOCCOCCOCCOCCOCCOCCOCCOCCOCCOCCOCCC(=O)NCC(N)=O)OC(=O)CCCCCCCCCCCCCCC. The first-order valence-corrected chi connectivity index (χ1v) is 38.5. The molecular formula is C71H137N5O21S. The highest BCUT2D eigenvalue weighted by Crippen LogP contribution is 2.17. The molecule has 0 saturated carbocycles. The molecule has 0 bridgehead atoms. The van der Waals surface area contributed by atoms with Gasteiger partial charge in [-0.2, -0.15) is 11.8 Å². The fourth-order valence-electron chi connectivity index (χ4n) is 9.58. The van der Waals surface area contributed by atoms with E-state index in [1.807, 2.05) is 0 Å². The summed E-state index contributed by atoms with van der Waals surface area (Å²) in [6.45, 7) is 13.4. The highest BCUT2D eigenvalue weighted by atomic mass is 32.2. The number of carbonyl (C=O) groups is 6. The monoisotopic (exact) mass is 1430 g/mol. The maximum atomic E-state index is 13.0. The van der Waals surface area contributed by atoms with Crippen molar-refractivity contribution in [3.63, 3.8) is 0 Å². The van der Waals surface area contributed by atoms with Gasteiger partial charge in [-0.3, -0.25) is 28.8 Å². The van der Waals surface area contributed by atoms with Crippen LogP contribution in [0.25, 0.3) is 0 Å². The normalized spacial score (nSPS) is 12.4. The van der Waals surface area contributed by atoms with E-state index in [4.69, 9.17) is 77.8 Å². The minimum Gasteiger partial charge on any atom is -0.466 e. The number of aliphatic hydroxyl groups is 1. The summed E-state index contributed by atoms with van der Waals surface area (Å²) in [5, 5.41) is 17.5. The molecule has 0 spiro atoms. The Labute approximate surface area is 593 Å². The number of rotatable bonds is 81. The molecule has 0 aromatic rings. The van der Waals surface area contributed by atoms with Crippen LogP contribution in [0.3, 0.4) is 0 Å². The minimum atomic E-state index is -1.21. The van der Waals surface area contributed by atoms with Crippen LogP contribution >= 0.6 is 11.8 Å². The molecular weight excluding hydrogens is 1290 g/mol. The number of thioether (sulfide) groups is 1. The van der Waals surface area contributed by atoms with Gasteiger partial charge < -0.3 is 98.8 Å². The molecule has 4 amide bonds. The molecule has 3 atom stereocenters. The first-order valence-electron chi connectivity index (χ1n) is 37.4. The zero-order chi connectivity index (χ0) is 71.4. The van der Waals surface area contributed by atoms with E-state index in [9.17, 15) is 33.9 Å². The number of nitrogens with one attached hydrogen (secondary N) is 3. The Hall–Kier alpha value is -3.39. The zero-order valence-corrected chi connectivity index (χ0v) is 61.7. The largest absolute Gasteiger partial charge is 0.466 e. The molecule has 0 aromatic heterocycles. The second kappa shape index (κ2) is 77.8. The Bertz CT molecular complexity index is 1790. The molecule has 0 heterocycles. The lowest BCUT2D eigenvalue weighted by Crippen LogP contribution is -2.54. The van der Waals surface area contributed by atoms with Gasteiger partial charge >= 0.3 is 11.9 Å². The molecule has 0 rings (SSSR count). The summed E-state index contributed by atoms with van der Waals surface area (Å²) in [4.78, 5) is 73.6. The van der Waals surface area contributed by atoms with Crippen LogP contribution in [0.4, 0.5) is 0 Å². The quantitative estimate of drug-likeness (QED) is 0.0251. The van der Waals surface area contributed by atoms with Gasteiger partial charge in [0.25, 0.3) is 0 Å². The third-order valence-electron chi connectivity index (χ3n) is 15.3. The summed E-state index contributed by atoms with van der Waals surface area (Å²) in [7, 11) is 0. The predicted octanol–water partition coefficient (Wildman–Crippen LogP) is 7.64. The lowest BCUT2D eigenvalue weighted by atomic mass is 10.0. The summed E-state index contributed by atoms with van der Waals surface area (Å²) >= 11 is 1.33. The smallest absolute Gasteiger partial charge is 0.306 e. The van der Waals surface area contributed by atoms with E-state index in [1.165, 1.54) is 140 Å². The summed E-state index contributed by atoms with van der Waals surface area (Å²) < 4.78 is 77.3. The van der Waals surface area contributed by atoms with Crippen molar-refractivity contribution in [2.45, 2.75) is 225 Å². The number of hydrogen-bond acceptors (Lipinski definition) is 23. The van der Waals surface area contributed by atoms with Crippen LogP contribution in [-0.2, 0) is 95.1 Å². The standard InChI is InChI=1S/C71H137N5O21S/c1-3-5-7-9-11-13-15-17-19-21-23-25-27-29-68(80)96-35-31-63(97-69(81)30-28-26-24-22-20-18-16-14-12-10-8-6-4-2)61-98-62-64(72)70(82)76-65(60-77)71(83)74-33-36-85-38-40-87-42-44-89-46-48-91-50-52-93-54-56-95-58-57-94-55-53-92-51-49-90-47-45-88-43-41-86-39-37-84-34-32-67(79)75-59-66(73)78/h63-65,77H,3-62,72H2,1-2H3,(H2,73,78)(H,74,83)(H,75,79)(H,76,82)/t63-,64+,65+/m1/s1. The van der Waals surface area contributed by atoms with Crippen LogP contribution < -0.4 is 27.4 Å². The van der Waals surface area contributed by atoms with Gasteiger partial charge in [0.1, 0.15) is 12.1 Å². The molecule has 578 valence electrons. The number of carbonyl (C=O) groups excluding carboxylic acids is 6. The molecule has 0 saturated heterocycles. The average molecular weight is 1430 g/mol. The molecule has 27 heteroatoms. The molecule has 98 heavy (non-hydrogen) atoms. The molecule has 0 unspecified atom stereocenters. The van der Waals surface area contributed by atoms with E-state index >= 15 is 0 Å². The van der Waals surface area contributed by atoms with E-state index < -0.39 is 42.5 Å². The first kappa shape index (κ1) is 94.6. The van der Waals surface area contributed by atoms with Crippen molar-refractivity contribution in [3.05, 3.63) is 0 Å². The Morgan fingerprint density at radius 1 is 0.378 bits per heavy atom. The molecule has 0 aliphatic rings.